The van der Waals surface area contributed by atoms with Crippen LogP contribution in [0.25, 0.3) is 0 Å². The lowest BCUT2D eigenvalue weighted by atomic mass is 9.84. The molecule has 2 aromatic carbocycles. The molecule has 47 heavy (non-hydrogen) atoms. The lowest BCUT2D eigenvalue weighted by Crippen LogP contribution is -2.59. The molecule has 3 N–H and O–H groups in total. The van der Waals surface area contributed by atoms with Gasteiger partial charge in [0.1, 0.15) is 23.3 Å². The fourth-order valence-electron chi connectivity index (χ4n) is 6.15. The van der Waals surface area contributed by atoms with E-state index in [2.05, 4.69) is 10.3 Å². The fourth-order valence-corrected chi connectivity index (χ4v) is 8.40. The fraction of sp³-hybridized carbons (Fsp3) is 0.406. The van der Waals surface area contributed by atoms with E-state index >= 15 is 4.39 Å². The molecular weight excluding hydrogens is 642 g/mol. The van der Waals surface area contributed by atoms with Crippen LogP contribution in [0.4, 0.5) is 28.0 Å². The summed E-state index contributed by atoms with van der Waals surface area (Å²) < 4.78 is 90.9. The average Bonchev–Trinajstić information content (AvgIpc) is 3.88. The highest BCUT2D eigenvalue weighted by atomic mass is 32.2. The Bertz CT molecular complexity index is 1720. The van der Waals surface area contributed by atoms with Gasteiger partial charge in [0.05, 0.1) is 36.5 Å². The maximum absolute atomic E-state index is 15.5. The summed E-state index contributed by atoms with van der Waals surface area (Å²) in [6.07, 6.45) is 1.91. The summed E-state index contributed by atoms with van der Waals surface area (Å²) >= 11 is 0. The molecule has 0 unspecified atom stereocenters. The van der Waals surface area contributed by atoms with Gasteiger partial charge in [-0.1, -0.05) is 12.1 Å². The highest BCUT2D eigenvalue weighted by molar-refractivity contribution is 7.90. The van der Waals surface area contributed by atoms with Gasteiger partial charge in [0, 0.05) is 42.7 Å². The zero-order valence-corrected chi connectivity index (χ0v) is 26.5. The third-order valence-electron chi connectivity index (χ3n) is 8.50. The van der Waals surface area contributed by atoms with Crippen molar-refractivity contribution < 1.29 is 40.3 Å². The molecule has 4 atom stereocenters. The molecule has 15 heteroatoms. The van der Waals surface area contributed by atoms with Crippen LogP contribution in [0.5, 0.6) is 0 Å². The molecule has 252 valence electrons. The Hall–Kier alpha value is -3.92. The Morgan fingerprint density at radius 3 is 2.30 bits per heavy atom. The number of nitrogens with zero attached hydrogens (tertiary/aromatic N) is 3. The first-order chi connectivity index (χ1) is 22.3. The summed E-state index contributed by atoms with van der Waals surface area (Å²) in [4.78, 5) is 31.7. The van der Waals surface area contributed by atoms with Crippen molar-refractivity contribution in [2.24, 2.45) is 5.73 Å². The second-order valence-electron chi connectivity index (χ2n) is 11.8. The Balaban J connectivity index is 1.51. The van der Waals surface area contributed by atoms with Crippen molar-refractivity contribution in [3.05, 3.63) is 94.8 Å². The van der Waals surface area contributed by atoms with Crippen molar-refractivity contribution in [2.45, 2.75) is 61.9 Å². The summed E-state index contributed by atoms with van der Waals surface area (Å²) in [5, 5.41) is 2.75. The number of methoxy groups -OCH3 is 1. The number of rotatable bonds is 10. The highest BCUT2D eigenvalue weighted by Crippen LogP contribution is 2.36. The van der Waals surface area contributed by atoms with Crippen LogP contribution < -0.4 is 16.0 Å². The SMILES string of the molecule is COC(=O)N(C(=O)[C@@H](N)[C@@H](c1ccc(F)cc1)c1cc(F)cc(F)c1)c1cncc(F)c1CC[C@H]1CNC[C@@H](C)N1S(=O)(=O)C1CC1. The van der Waals surface area contributed by atoms with Crippen molar-refractivity contribution in [3.63, 3.8) is 0 Å². The van der Waals surface area contributed by atoms with Gasteiger partial charge in [-0.2, -0.15) is 4.31 Å². The monoisotopic (exact) mass is 677 g/mol. The molecule has 2 heterocycles. The summed E-state index contributed by atoms with van der Waals surface area (Å²) in [7, 11) is -2.59. The van der Waals surface area contributed by atoms with Crippen LogP contribution in [0.3, 0.4) is 0 Å². The van der Waals surface area contributed by atoms with E-state index in [4.69, 9.17) is 10.5 Å². The van der Waals surface area contributed by atoms with Gasteiger partial charge >= 0.3 is 6.09 Å². The number of piperazine rings is 1. The molecule has 0 bridgehead atoms. The quantitative estimate of drug-likeness (QED) is 0.308. The van der Waals surface area contributed by atoms with Crippen molar-refractivity contribution in [1.29, 1.82) is 0 Å². The second kappa shape index (κ2) is 14.1. The number of ether oxygens (including phenoxy) is 1. The Morgan fingerprint density at radius 2 is 1.68 bits per heavy atom. The van der Waals surface area contributed by atoms with Gasteiger partial charge in [-0.25, -0.2) is 35.7 Å². The Morgan fingerprint density at radius 1 is 1.02 bits per heavy atom. The number of anilines is 1. The van der Waals surface area contributed by atoms with Gasteiger partial charge in [0.2, 0.25) is 10.0 Å². The number of pyridine rings is 1. The molecule has 1 aromatic heterocycles. The summed E-state index contributed by atoms with van der Waals surface area (Å²) in [6.45, 7) is 2.55. The number of carbonyl (C=O) groups is 2. The van der Waals surface area contributed by atoms with Crippen LogP contribution in [0.1, 0.15) is 48.8 Å². The average molecular weight is 678 g/mol. The van der Waals surface area contributed by atoms with Gasteiger partial charge in [-0.15, -0.1) is 0 Å². The Labute approximate surface area is 269 Å². The van der Waals surface area contributed by atoms with E-state index in [-0.39, 0.29) is 41.3 Å². The molecule has 2 aliphatic rings. The second-order valence-corrected chi connectivity index (χ2v) is 13.9. The number of sulfonamides is 1. The van der Waals surface area contributed by atoms with E-state index in [1.165, 1.54) is 16.4 Å². The van der Waals surface area contributed by atoms with E-state index in [0.717, 1.165) is 43.8 Å². The summed E-state index contributed by atoms with van der Waals surface area (Å²) in [5.41, 5.74) is 6.16. The largest absolute Gasteiger partial charge is 0.452 e. The smallest absolute Gasteiger partial charge is 0.421 e. The number of hydrogen-bond acceptors (Lipinski definition) is 8. The summed E-state index contributed by atoms with van der Waals surface area (Å²) in [6, 6.07) is 4.67. The van der Waals surface area contributed by atoms with E-state index < -0.39 is 68.5 Å². The molecular formula is C32H35F4N5O5S. The standard InChI is InChI=1S/C32H35F4N5O5S/c1-18-14-38-15-24(41(18)47(44,45)25-8-9-25)7-10-26-27(36)16-39-17-28(26)40(32(43)46-2)31(42)30(37)29(19-3-5-21(33)6-4-19)20-11-22(34)13-23(35)12-20/h3-6,11-13,16-18,24-25,29-30,38H,7-10,14-15,37H2,1-2H3/t18-,24+,29+,30+/m1/s1. The van der Waals surface area contributed by atoms with Crippen LogP contribution in [0.15, 0.2) is 54.9 Å². The Kier molecular flexibility index (Phi) is 10.3. The lowest BCUT2D eigenvalue weighted by molar-refractivity contribution is -0.119. The van der Waals surface area contributed by atoms with Gasteiger partial charge in [0.25, 0.3) is 5.91 Å². The number of carbonyl (C=O) groups excluding carboxylic acids is 2. The number of benzene rings is 2. The van der Waals surface area contributed by atoms with Gasteiger partial charge in [-0.05, 0) is 68.0 Å². The first-order valence-corrected chi connectivity index (χ1v) is 16.6. The zero-order valence-electron chi connectivity index (χ0n) is 25.7. The summed E-state index contributed by atoms with van der Waals surface area (Å²) in [5.74, 6) is -5.82. The van der Waals surface area contributed by atoms with Gasteiger partial charge in [-0.3, -0.25) is 9.78 Å². The van der Waals surface area contributed by atoms with Gasteiger partial charge < -0.3 is 15.8 Å². The van der Waals surface area contributed by atoms with Crippen LogP contribution >= 0.6 is 0 Å². The molecule has 5 rings (SSSR count). The molecule has 3 aromatic rings. The molecule has 0 radical (unpaired) electrons. The van der Waals surface area contributed by atoms with Crippen LogP contribution in [0, 0.1) is 23.3 Å². The normalized spacial score (nSPS) is 20.0. The number of amides is 2. The first-order valence-electron chi connectivity index (χ1n) is 15.1. The molecule has 1 aliphatic carbocycles. The number of nitrogens with two attached hydrogens (primary N) is 1. The molecule has 10 nitrogen and oxygen atoms in total. The molecule has 2 amide bonds. The molecule has 2 fully saturated rings. The lowest BCUT2D eigenvalue weighted by Gasteiger charge is -2.40. The van der Waals surface area contributed by atoms with E-state index in [9.17, 15) is 31.2 Å². The number of hydrogen-bond donors (Lipinski definition) is 2. The minimum absolute atomic E-state index is 0.0757. The molecule has 1 saturated carbocycles. The van der Waals surface area contributed by atoms with Crippen molar-refractivity contribution in [2.75, 3.05) is 25.1 Å². The maximum Gasteiger partial charge on any atom is 0.421 e. The van der Waals surface area contributed by atoms with Crippen molar-refractivity contribution in [1.82, 2.24) is 14.6 Å². The van der Waals surface area contributed by atoms with E-state index in [1.807, 2.05) is 0 Å². The van der Waals surface area contributed by atoms with Crippen molar-refractivity contribution >= 4 is 27.7 Å². The third-order valence-corrected chi connectivity index (χ3v) is 11.1. The zero-order chi connectivity index (χ0) is 34.0. The van der Waals surface area contributed by atoms with Crippen LogP contribution in [-0.4, -0.2) is 73.3 Å². The molecule has 1 aliphatic heterocycles. The molecule has 1 saturated heterocycles. The number of halogens is 4. The van der Waals surface area contributed by atoms with Crippen molar-refractivity contribution in [3.8, 4) is 0 Å². The molecule has 0 spiro atoms. The van der Waals surface area contributed by atoms with Crippen LogP contribution in [-0.2, 0) is 26.0 Å². The number of aromatic nitrogens is 1. The van der Waals surface area contributed by atoms with E-state index in [0.29, 0.717) is 36.9 Å². The maximum atomic E-state index is 15.5. The first kappa shape index (κ1) is 34.4. The predicted molar refractivity (Wildman–Crippen MR) is 165 cm³/mol. The number of imide groups is 1. The third kappa shape index (κ3) is 7.32. The topological polar surface area (TPSA) is 135 Å². The van der Waals surface area contributed by atoms with E-state index in [1.54, 1.807) is 6.92 Å². The van der Waals surface area contributed by atoms with Crippen LogP contribution in [0.2, 0.25) is 0 Å². The van der Waals surface area contributed by atoms with Gasteiger partial charge in [0.15, 0.2) is 0 Å². The predicted octanol–water partition coefficient (Wildman–Crippen LogP) is 3.98. The minimum atomic E-state index is -3.59. The number of nitrogens with one attached hydrogen (secondary N) is 1. The highest BCUT2D eigenvalue weighted by Gasteiger charge is 2.46. The minimum Gasteiger partial charge on any atom is -0.452 e.